The molecule has 7 heteroatoms. The first-order valence-corrected chi connectivity index (χ1v) is 7.99. The maximum Gasteiger partial charge on any atom is 0.270 e. The molecule has 0 aliphatic rings. The average molecular weight is 369 g/mol. The first-order chi connectivity index (χ1) is 12.5. The van der Waals surface area contributed by atoms with Crippen molar-refractivity contribution in [2.75, 3.05) is 5.32 Å². The van der Waals surface area contributed by atoms with Gasteiger partial charge in [0.1, 0.15) is 11.5 Å². The molecule has 3 rings (SSSR count). The molecule has 6 nitrogen and oxygen atoms in total. The topological polar surface area (TPSA) is 81.5 Å². The number of nitrogens with zero attached hydrogens (tertiary/aromatic N) is 1. The van der Waals surface area contributed by atoms with Gasteiger partial charge in [-0.2, -0.15) is 0 Å². The highest BCUT2D eigenvalue weighted by atomic mass is 35.5. The van der Waals surface area contributed by atoms with E-state index in [0.29, 0.717) is 22.2 Å². The maximum atomic E-state index is 12.2. The number of carbonyl (C=O) groups is 1. The third-order valence-corrected chi connectivity index (χ3v) is 3.81. The number of ether oxygens (including phenoxy) is 1. The Labute approximate surface area is 154 Å². The van der Waals surface area contributed by atoms with Crippen molar-refractivity contribution in [2.24, 2.45) is 0 Å². The Morgan fingerprint density at radius 3 is 2.42 bits per heavy atom. The van der Waals surface area contributed by atoms with Gasteiger partial charge in [-0.1, -0.05) is 29.8 Å². The fourth-order valence-electron chi connectivity index (χ4n) is 2.22. The standard InChI is InChI=1S/C19H13ClN2O4/c20-17-6-1-2-7-18(17)26-16-10-8-14(9-11-16)21-19(23)13-4-3-5-15(12-13)22(24)25/h1-12H,(H,21,23). The molecule has 0 aliphatic carbocycles. The van der Waals surface area contributed by atoms with Crippen LogP contribution in [0.15, 0.2) is 72.8 Å². The third-order valence-electron chi connectivity index (χ3n) is 3.50. The zero-order valence-corrected chi connectivity index (χ0v) is 14.1. The molecule has 1 amide bonds. The molecule has 0 aromatic heterocycles. The summed E-state index contributed by atoms with van der Waals surface area (Å²) >= 11 is 6.05. The van der Waals surface area contributed by atoms with Gasteiger partial charge in [-0.05, 0) is 42.5 Å². The molecule has 26 heavy (non-hydrogen) atoms. The number of nitro benzene ring substituents is 1. The Hall–Kier alpha value is -3.38. The normalized spacial score (nSPS) is 10.2. The number of non-ortho nitro benzene ring substituents is 1. The highest BCUT2D eigenvalue weighted by Gasteiger charge is 2.12. The van der Waals surface area contributed by atoms with Crippen LogP contribution in [0, 0.1) is 10.1 Å². The lowest BCUT2D eigenvalue weighted by molar-refractivity contribution is -0.384. The Morgan fingerprint density at radius 1 is 1.00 bits per heavy atom. The third kappa shape index (κ3) is 4.17. The van der Waals surface area contributed by atoms with E-state index in [4.69, 9.17) is 16.3 Å². The first kappa shape index (κ1) is 17.4. The van der Waals surface area contributed by atoms with Crippen molar-refractivity contribution < 1.29 is 14.5 Å². The molecule has 0 fully saturated rings. The van der Waals surface area contributed by atoms with Crippen molar-refractivity contribution in [2.45, 2.75) is 0 Å². The number of hydrogen-bond donors (Lipinski definition) is 1. The summed E-state index contributed by atoms with van der Waals surface area (Å²) in [7, 11) is 0. The van der Waals surface area contributed by atoms with Crippen LogP contribution in [0.5, 0.6) is 11.5 Å². The van der Waals surface area contributed by atoms with Crippen molar-refractivity contribution in [3.8, 4) is 11.5 Å². The van der Waals surface area contributed by atoms with Gasteiger partial charge in [-0.25, -0.2) is 0 Å². The number of hydrogen-bond acceptors (Lipinski definition) is 4. The van der Waals surface area contributed by atoms with Crippen LogP contribution < -0.4 is 10.1 Å². The molecule has 0 unspecified atom stereocenters. The second kappa shape index (κ2) is 7.67. The molecule has 0 radical (unpaired) electrons. The minimum atomic E-state index is -0.544. The fourth-order valence-corrected chi connectivity index (χ4v) is 2.40. The highest BCUT2D eigenvalue weighted by molar-refractivity contribution is 6.32. The SMILES string of the molecule is O=C(Nc1ccc(Oc2ccccc2Cl)cc1)c1cccc([N+](=O)[O-])c1. The Morgan fingerprint density at radius 2 is 1.73 bits per heavy atom. The van der Waals surface area contributed by atoms with E-state index in [2.05, 4.69) is 5.32 Å². The van der Waals surface area contributed by atoms with Crippen molar-refractivity contribution in [3.63, 3.8) is 0 Å². The van der Waals surface area contributed by atoms with Crippen LogP contribution in [-0.2, 0) is 0 Å². The molecule has 3 aromatic rings. The number of para-hydroxylation sites is 1. The molecule has 0 saturated heterocycles. The van der Waals surface area contributed by atoms with Gasteiger partial charge >= 0.3 is 0 Å². The van der Waals surface area contributed by atoms with E-state index in [1.54, 1.807) is 36.4 Å². The van der Waals surface area contributed by atoms with Crippen molar-refractivity contribution in [1.29, 1.82) is 0 Å². The molecule has 0 aliphatic heterocycles. The monoisotopic (exact) mass is 368 g/mol. The highest BCUT2D eigenvalue weighted by Crippen LogP contribution is 2.29. The second-order valence-electron chi connectivity index (χ2n) is 5.32. The van der Waals surface area contributed by atoms with Crippen LogP contribution in [-0.4, -0.2) is 10.8 Å². The minimum absolute atomic E-state index is 0.138. The van der Waals surface area contributed by atoms with Gasteiger partial charge in [0.25, 0.3) is 11.6 Å². The lowest BCUT2D eigenvalue weighted by atomic mass is 10.2. The van der Waals surface area contributed by atoms with E-state index >= 15 is 0 Å². The summed E-state index contributed by atoms with van der Waals surface area (Å²) in [4.78, 5) is 22.5. The van der Waals surface area contributed by atoms with Gasteiger partial charge in [-0.15, -0.1) is 0 Å². The van der Waals surface area contributed by atoms with Gasteiger partial charge in [0.2, 0.25) is 0 Å². The van der Waals surface area contributed by atoms with Gasteiger partial charge in [0.15, 0.2) is 0 Å². The smallest absolute Gasteiger partial charge is 0.270 e. The predicted octanol–water partition coefficient (Wildman–Crippen LogP) is 5.29. The molecule has 0 spiro atoms. The van der Waals surface area contributed by atoms with Crippen LogP contribution in [0.2, 0.25) is 5.02 Å². The molecule has 0 heterocycles. The number of nitro groups is 1. The average Bonchev–Trinajstić information content (AvgIpc) is 2.65. The summed E-state index contributed by atoms with van der Waals surface area (Å²) in [6.45, 7) is 0. The second-order valence-corrected chi connectivity index (χ2v) is 5.73. The van der Waals surface area contributed by atoms with Gasteiger partial charge < -0.3 is 10.1 Å². The van der Waals surface area contributed by atoms with Gasteiger partial charge in [0.05, 0.1) is 9.95 Å². The van der Waals surface area contributed by atoms with Gasteiger partial charge in [0, 0.05) is 23.4 Å². The number of carbonyl (C=O) groups excluding carboxylic acids is 1. The number of anilines is 1. The summed E-state index contributed by atoms with van der Waals surface area (Å²) in [6.07, 6.45) is 0. The van der Waals surface area contributed by atoms with E-state index < -0.39 is 10.8 Å². The number of benzene rings is 3. The number of halogens is 1. The molecule has 0 saturated carbocycles. The molecule has 130 valence electrons. The molecular weight excluding hydrogens is 356 g/mol. The quantitative estimate of drug-likeness (QED) is 0.489. The summed E-state index contributed by atoms with van der Waals surface area (Å²) in [5.41, 5.74) is 0.602. The van der Waals surface area contributed by atoms with Gasteiger partial charge in [-0.3, -0.25) is 14.9 Å². The zero-order chi connectivity index (χ0) is 18.5. The lowest BCUT2D eigenvalue weighted by Gasteiger charge is -2.09. The van der Waals surface area contributed by atoms with Crippen LogP contribution in [0.1, 0.15) is 10.4 Å². The summed E-state index contributed by atoms with van der Waals surface area (Å²) < 4.78 is 5.68. The maximum absolute atomic E-state index is 12.2. The van der Waals surface area contributed by atoms with Crippen LogP contribution >= 0.6 is 11.6 Å². The fraction of sp³-hybridized carbons (Fsp3) is 0. The molecular formula is C19H13ClN2O4. The van der Waals surface area contributed by atoms with Crippen molar-refractivity contribution in [3.05, 3.63) is 93.5 Å². The Kier molecular flexibility index (Phi) is 5.15. The largest absolute Gasteiger partial charge is 0.456 e. The predicted molar refractivity (Wildman–Crippen MR) is 99.0 cm³/mol. The summed E-state index contributed by atoms with van der Waals surface area (Å²) in [6, 6.07) is 19.3. The minimum Gasteiger partial charge on any atom is -0.456 e. The summed E-state index contributed by atoms with van der Waals surface area (Å²) in [5.74, 6) is 0.655. The lowest BCUT2D eigenvalue weighted by Crippen LogP contribution is -2.11. The summed E-state index contributed by atoms with van der Waals surface area (Å²) in [5, 5.41) is 14.0. The van der Waals surface area contributed by atoms with Crippen molar-refractivity contribution >= 4 is 28.9 Å². The molecule has 0 atom stereocenters. The van der Waals surface area contributed by atoms with E-state index in [1.165, 1.54) is 24.3 Å². The Bertz CT molecular complexity index is 958. The molecule has 0 bridgehead atoms. The van der Waals surface area contributed by atoms with Crippen LogP contribution in [0.3, 0.4) is 0 Å². The van der Waals surface area contributed by atoms with E-state index in [9.17, 15) is 14.9 Å². The first-order valence-electron chi connectivity index (χ1n) is 7.61. The number of nitrogens with one attached hydrogen (secondary N) is 1. The molecule has 3 aromatic carbocycles. The number of rotatable bonds is 5. The van der Waals surface area contributed by atoms with Crippen LogP contribution in [0.25, 0.3) is 0 Å². The van der Waals surface area contributed by atoms with Crippen LogP contribution in [0.4, 0.5) is 11.4 Å². The van der Waals surface area contributed by atoms with Crippen molar-refractivity contribution in [1.82, 2.24) is 0 Å². The van der Waals surface area contributed by atoms with E-state index in [-0.39, 0.29) is 11.3 Å². The van der Waals surface area contributed by atoms with E-state index in [1.807, 2.05) is 12.1 Å². The van der Waals surface area contributed by atoms with E-state index in [0.717, 1.165) is 0 Å². The molecule has 1 N–H and O–H groups in total. The Balaban J connectivity index is 1.69. The number of amides is 1. The zero-order valence-electron chi connectivity index (χ0n) is 13.4.